The van der Waals surface area contributed by atoms with E-state index in [0.717, 1.165) is 25.2 Å². The maximum Gasteiger partial charge on any atom is 0.304 e. The first kappa shape index (κ1) is 14.5. The van der Waals surface area contributed by atoms with Gasteiger partial charge in [0.05, 0.1) is 6.42 Å². The van der Waals surface area contributed by atoms with Crippen LogP contribution in [0.3, 0.4) is 0 Å². The number of rotatable bonds is 5. The van der Waals surface area contributed by atoms with Crippen molar-refractivity contribution in [1.29, 1.82) is 0 Å². The summed E-state index contributed by atoms with van der Waals surface area (Å²) in [5.74, 6) is -3.93. The fourth-order valence-electron chi connectivity index (χ4n) is 1.22. The summed E-state index contributed by atoms with van der Waals surface area (Å²) >= 11 is 0. The van der Waals surface area contributed by atoms with Gasteiger partial charge < -0.3 is 5.11 Å². The van der Waals surface area contributed by atoms with E-state index < -0.39 is 38.9 Å². The standard InChI is InChI=1S/C10H11F2NO4S/c1-13(6-5-9(14)15)18(16,17)8-4-2-3-7(11)10(8)12/h2-4H,5-6H2,1H3,(H,14,15). The Kier molecular flexibility index (Phi) is 4.36. The van der Waals surface area contributed by atoms with Crippen molar-refractivity contribution in [1.82, 2.24) is 4.31 Å². The van der Waals surface area contributed by atoms with Crippen LogP contribution in [0.1, 0.15) is 6.42 Å². The molecule has 1 N–H and O–H groups in total. The topological polar surface area (TPSA) is 74.7 Å². The Morgan fingerprint density at radius 1 is 1.39 bits per heavy atom. The van der Waals surface area contributed by atoms with E-state index in [9.17, 15) is 22.0 Å². The van der Waals surface area contributed by atoms with Crippen molar-refractivity contribution in [2.45, 2.75) is 11.3 Å². The maximum atomic E-state index is 13.4. The van der Waals surface area contributed by atoms with Crippen molar-refractivity contribution < 1.29 is 27.1 Å². The number of hydrogen-bond donors (Lipinski definition) is 1. The molecule has 0 spiro atoms. The van der Waals surface area contributed by atoms with Crippen LogP contribution >= 0.6 is 0 Å². The predicted octanol–water partition coefficient (Wildman–Crippen LogP) is 1.06. The van der Waals surface area contributed by atoms with Crippen molar-refractivity contribution in [3.8, 4) is 0 Å². The largest absolute Gasteiger partial charge is 0.481 e. The molecule has 0 aliphatic heterocycles. The van der Waals surface area contributed by atoms with Gasteiger partial charge in [-0.15, -0.1) is 0 Å². The fourth-order valence-corrected chi connectivity index (χ4v) is 2.47. The summed E-state index contributed by atoms with van der Waals surface area (Å²) in [5, 5.41) is 8.44. The van der Waals surface area contributed by atoms with Gasteiger partial charge in [0.2, 0.25) is 10.0 Å². The summed E-state index contributed by atoms with van der Waals surface area (Å²) < 4.78 is 50.6. The first-order valence-electron chi connectivity index (χ1n) is 4.89. The minimum absolute atomic E-state index is 0.326. The van der Waals surface area contributed by atoms with Gasteiger partial charge in [-0.1, -0.05) is 6.07 Å². The zero-order valence-electron chi connectivity index (χ0n) is 9.43. The third kappa shape index (κ3) is 3.02. The van der Waals surface area contributed by atoms with Crippen LogP contribution in [0, 0.1) is 11.6 Å². The molecule has 1 aromatic carbocycles. The molecule has 18 heavy (non-hydrogen) atoms. The van der Waals surface area contributed by atoms with E-state index in [1.165, 1.54) is 0 Å². The average molecular weight is 279 g/mol. The number of halogens is 2. The SMILES string of the molecule is CN(CCC(=O)O)S(=O)(=O)c1cccc(F)c1F. The van der Waals surface area contributed by atoms with Gasteiger partial charge in [0.25, 0.3) is 0 Å². The highest BCUT2D eigenvalue weighted by Gasteiger charge is 2.26. The monoisotopic (exact) mass is 279 g/mol. The number of carbonyl (C=O) groups is 1. The molecule has 0 aliphatic rings. The minimum atomic E-state index is -4.23. The summed E-state index contributed by atoms with van der Waals surface area (Å²) in [4.78, 5) is 9.52. The van der Waals surface area contributed by atoms with Gasteiger partial charge >= 0.3 is 5.97 Å². The lowest BCUT2D eigenvalue weighted by Gasteiger charge is -2.16. The molecule has 0 radical (unpaired) electrons. The van der Waals surface area contributed by atoms with E-state index in [4.69, 9.17) is 5.11 Å². The fraction of sp³-hybridized carbons (Fsp3) is 0.300. The second-order valence-corrected chi connectivity index (χ2v) is 5.54. The van der Waals surface area contributed by atoms with Crippen LogP contribution in [0.4, 0.5) is 8.78 Å². The minimum Gasteiger partial charge on any atom is -0.481 e. The van der Waals surface area contributed by atoms with Crippen LogP contribution in [0.25, 0.3) is 0 Å². The van der Waals surface area contributed by atoms with Crippen LogP contribution in [0.5, 0.6) is 0 Å². The molecule has 100 valence electrons. The molecular weight excluding hydrogens is 268 g/mol. The number of sulfonamides is 1. The van der Waals surface area contributed by atoms with Crippen LogP contribution in [-0.4, -0.2) is 37.4 Å². The molecule has 0 amide bonds. The highest BCUT2D eigenvalue weighted by molar-refractivity contribution is 7.89. The van der Waals surface area contributed by atoms with Crippen molar-refractivity contribution in [2.24, 2.45) is 0 Å². The number of hydrogen-bond acceptors (Lipinski definition) is 3. The zero-order valence-corrected chi connectivity index (χ0v) is 10.2. The van der Waals surface area contributed by atoms with Gasteiger partial charge in [-0.05, 0) is 12.1 Å². The number of benzene rings is 1. The molecule has 1 rings (SSSR count). The molecule has 0 saturated carbocycles. The Hall–Kier alpha value is -1.54. The maximum absolute atomic E-state index is 13.4. The van der Waals surface area contributed by atoms with E-state index in [-0.39, 0.29) is 6.54 Å². The predicted molar refractivity (Wildman–Crippen MR) is 58.4 cm³/mol. The number of aliphatic carboxylic acids is 1. The normalized spacial score (nSPS) is 11.8. The second kappa shape index (κ2) is 5.40. The van der Waals surface area contributed by atoms with Crippen molar-refractivity contribution in [3.63, 3.8) is 0 Å². The van der Waals surface area contributed by atoms with Gasteiger partial charge in [0, 0.05) is 13.6 Å². The van der Waals surface area contributed by atoms with Gasteiger partial charge in [0.1, 0.15) is 4.90 Å². The molecule has 0 aliphatic carbocycles. The molecule has 0 fully saturated rings. The molecule has 0 saturated heterocycles. The number of nitrogens with zero attached hydrogens (tertiary/aromatic N) is 1. The smallest absolute Gasteiger partial charge is 0.304 e. The molecular formula is C10H11F2NO4S. The lowest BCUT2D eigenvalue weighted by Crippen LogP contribution is -2.30. The quantitative estimate of drug-likeness (QED) is 0.874. The highest BCUT2D eigenvalue weighted by Crippen LogP contribution is 2.20. The Morgan fingerprint density at radius 3 is 2.56 bits per heavy atom. The molecule has 1 aromatic rings. The van der Waals surface area contributed by atoms with E-state index >= 15 is 0 Å². The number of carboxylic acids is 1. The van der Waals surface area contributed by atoms with Crippen molar-refractivity contribution in [2.75, 3.05) is 13.6 Å². The van der Waals surface area contributed by atoms with Gasteiger partial charge in [-0.25, -0.2) is 21.5 Å². The van der Waals surface area contributed by atoms with E-state index in [0.29, 0.717) is 4.31 Å². The average Bonchev–Trinajstić information content (AvgIpc) is 2.29. The lowest BCUT2D eigenvalue weighted by atomic mass is 10.3. The molecule has 0 unspecified atom stereocenters. The Morgan fingerprint density at radius 2 is 2.00 bits per heavy atom. The van der Waals surface area contributed by atoms with Gasteiger partial charge in [-0.2, -0.15) is 0 Å². The molecule has 0 heterocycles. The van der Waals surface area contributed by atoms with E-state index in [2.05, 4.69) is 0 Å². The highest BCUT2D eigenvalue weighted by atomic mass is 32.2. The van der Waals surface area contributed by atoms with Crippen molar-refractivity contribution in [3.05, 3.63) is 29.8 Å². The molecule has 8 heteroatoms. The molecule has 0 bridgehead atoms. The third-order valence-electron chi connectivity index (χ3n) is 2.24. The van der Waals surface area contributed by atoms with Crippen molar-refractivity contribution >= 4 is 16.0 Å². The summed E-state index contributed by atoms with van der Waals surface area (Å²) in [6, 6.07) is 2.78. The Balaban J connectivity index is 3.06. The summed E-state index contributed by atoms with van der Waals surface area (Å²) in [6.07, 6.45) is -0.424. The van der Waals surface area contributed by atoms with Crippen LogP contribution in [0.2, 0.25) is 0 Å². The Labute approximate surface area is 103 Å². The first-order chi connectivity index (χ1) is 8.26. The van der Waals surface area contributed by atoms with Crippen LogP contribution < -0.4 is 0 Å². The Bertz CT molecular complexity index is 559. The third-order valence-corrected chi connectivity index (χ3v) is 4.12. The molecule has 0 aromatic heterocycles. The zero-order chi connectivity index (χ0) is 13.9. The van der Waals surface area contributed by atoms with E-state index in [1.807, 2.05) is 0 Å². The summed E-state index contributed by atoms with van der Waals surface area (Å²) in [6.45, 7) is -0.326. The number of carboxylic acid groups (broad SMARTS) is 1. The summed E-state index contributed by atoms with van der Waals surface area (Å²) in [7, 11) is -3.13. The lowest BCUT2D eigenvalue weighted by molar-refractivity contribution is -0.137. The van der Waals surface area contributed by atoms with Crippen LogP contribution in [0.15, 0.2) is 23.1 Å². The van der Waals surface area contributed by atoms with Gasteiger partial charge in [0.15, 0.2) is 11.6 Å². The van der Waals surface area contributed by atoms with Gasteiger partial charge in [-0.3, -0.25) is 4.79 Å². The first-order valence-corrected chi connectivity index (χ1v) is 6.33. The van der Waals surface area contributed by atoms with E-state index in [1.54, 1.807) is 0 Å². The molecule has 0 atom stereocenters. The van der Waals surface area contributed by atoms with Crippen LogP contribution in [-0.2, 0) is 14.8 Å². The summed E-state index contributed by atoms with van der Waals surface area (Å²) in [5.41, 5.74) is 0. The molecule has 5 nitrogen and oxygen atoms in total. The second-order valence-electron chi connectivity index (χ2n) is 3.52.